The number of hydrogen-bond donors (Lipinski definition) is 0. The summed E-state index contributed by atoms with van der Waals surface area (Å²) in [5, 5.41) is 6.82. The van der Waals surface area contributed by atoms with Crippen molar-refractivity contribution >= 4 is 21.4 Å². The minimum absolute atomic E-state index is 0.0259. The maximum Gasteiger partial charge on any atom is 0.336 e. The SMILES string of the molecule is O=C(CS(=O)(=O)c1nnc(C2COc3ccccc3O2)o1)N1CCc2ccccc21. The molecule has 5 rings (SSSR count). The summed E-state index contributed by atoms with van der Waals surface area (Å²) in [6.07, 6.45) is -0.0508. The maximum atomic E-state index is 12.7. The molecule has 3 heterocycles. The third-order valence-electron chi connectivity index (χ3n) is 4.97. The van der Waals surface area contributed by atoms with E-state index in [1.807, 2.05) is 24.3 Å². The Hall–Kier alpha value is -3.40. The van der Waals surface area contributed by atoms with E-state index in [9.17, 15) is 13.2 Å². The molecule has 10 heteroatoms. The lowest BCUT2D eigenvalue weighted by Crippen LogP contribution is -2.34. The predicted molar refractivity (Wildman–Crippen MR) is 104 cm³/mol. The number of rotatable bonds is 4. The monoisotopic (exact) mass is 427 g/mol. The van der Waals surface area contributed by atoms with Gasteiger partial charge >= 0.3 is 5.22 Å². The molecule has 1 amide bonds. The highest BCUT2D eigenvalue weighted by molar-refractivity contribution is 7.91. The van der Waals surface area contributed by atoms with E-state index < -0.39 is 32.8 Å². The zero-order valence-electron chi connectivity index (χ0n) is 15.7. The summed E-state index contributed by atoms with van der Waals surface area (Å²) < 4.78 is 42.1. The summed E-state index contributed by atoms with van der Waals surface area (Å²) in [4.78, 5) is 14.1. The van der Waals surface area contributed by atoms with E-state index >= 15 is 0 Å². The number of para-hydroxylation sites is 3. The number of carbonyl (C=O) groups is 1. The smallest absolute Gasteiger partial charge is 0.336 e. The molecule has 0 bridgehead atoms. The number of sulfone groups is 1. The van der Waals surface area contributed by atoms with Crippen LogP contribution in [0.2, 0.25) is 0 Å². The first-order valence-electron chi connectivity index (χ1n) is 9.34. The van der Waals surface area contributed by atoms with Crippen molar-refractivity contribution in [2.45, 2.75) is 17.7 Å². The van der Waals surface area contributed by atoms with Gasteiger partial charge < -0.3 is 18.8 Å². The standard InChI is InChI=1S/C20H17N3O6S/c24-18(23-10-9-13-5-1-2-6-14(13)23)12-30(25,26)20-22-21-19(29-20)17-11-27-15-7-3-4-8-16(15)28-17/h1-8,17H,9-12H2. The Labute approximate surface area is 172 Å². The molecule has 0 saturated carbocycles. The Balaban J connectivity index is 1.32. The number of nitrogens with zero attached hydrogens (tertiary/aromatic N) is 3. The van der Waals surface area contributed by atoms with E-state index in [0.29, 0.717) is 24.5 Å². The van der Waals surface area contributed by atoms with E-state index in [1.165, 1.54) is 4.90 Å². The van der Waals surface area contributed by atoms with Crippen LogP contribution in [0, 0.1) is 0 Å². The van der Waals surface area contributed by atoms with Gasteiger partial charge in [0.2, 0.25) is 21.8 Å². The highest BCUT2D eigenvalue weighted by Crippen LogP contribution is 2.35. The number of benzene rings is 2. The molecule has 9 nitrogen and oxygen atoms in total. The van der Waals surface area contributed by atoms with Gasteiger partial charge in [0.05, 0.1) is 0 Å². The van der Waals surface area contributed by atoms with Crippen molar-refractivity contribution in [3.8, 4) is 11.5 Å². The molecule has 1 atom stereocenters. The van der Waals surface area contributed by atoms with Gasteiger partial charge in [0.1, 0.15) is 12.4 Å². The first kappa shape index (κ1) is 18.6. The third-order valence-corrected chi connectivity index (χ3v) is 6.30. The highest BCUT2D eigenvalue weighted by atomic mass is 32.2. The van der Waals surface area contributed by atoms with E-state index in [-0.39, 0.29) is 12.5 Å². The fourth-order valence-corrected chi connectivity index (χ4v) is 4.50. The predicted octanol–water partition coefficient (Wildman–Crippen LogP) is 1.95. The fraction of sp³-hybridized carbons (Fsp3) is 0.250. The Bertz CT molecular complexity index is 1220. The molecule has 0 spiro atoms. The van der Waals surface area contributed by atoms with Crippen LogP contribution >= 0.6 is 0 Å². The van der Waals surface area contributed by atoms with Crippen LogP contribution in [0.4, 0.5) is 5.69 Å². The van der Waals surface area contributed by atoms with Crippen LogP contribution in [-0.2, 0) is 21.1 Å². The van der Waals surface area contributed by atoms with Crippen LogP contribution in [-0.4, -0.2) is 43.4 Å². The first-order chi connectivity index (χ1) is 14.5. The molecule has 0 saturated heterocycles. The molecule has 2 aliphatic rings. The Morgan fingerprint density at radius 1 is 1.07 bits per heavy atom. The minimum Gasteiger partial charge on any atom is -0.485 e. The van der Waals surface area contributed by atoms with E-state index in [2.05, 4.69) is 10.2 Å². The second-order valence-corrected chi connectivity index (χ2v) is 8.82. The second-order valence-electron chi connectivity index (χ2n) is 6.95. The summed E-state index contributed by atoms with van der Waals surface area (Å²) in [5.41, 5.74) is 1.74. The van der Waals surface area contributed by atoms with Crippen molar-refractivity contribution in [3.05, 3.63) is 60.0 Å². The minimum atomic E-state index is -4.11. The molecular weight excluding hydrogens is 410 g/mol. The topological polar surface area (TPSA) is 112 Å². The van der Waals surface area contributed by atoms with Crippen molar-refractivity contribution < 1.29 is 27.1 Å². The largest absolute Gasteiger partial charge is 0.485 e. The lowest BCUT2D eigenvalue weighted by Gasteiger charge is -2.23. The second kappa shape index (κ2) is 7.13. The van der Waals surface area contributed by atoms with Crippen molar-refractivity contribution in [3.63, 3.8) is 0 Å². The van der Waals surface area contributed by atoms with Gasteiger partial charge in [0.25, 0.3) is 5.89 Å². The molecule has 30 heavy (non-hydrogen) atoms. The van der Waals surface area contributed by atoms with E-state index in [4.69, 9.17) is 13.9 Å². The number of amides is 1. The third kappa shape index (κ3) is 3.28. The van der Waals surface area contributed by atoms with E-state index in [1.54, 1.807) is 24.3 Å². The average Bonchev–Trinajstić information content (AvgIpc) is 3.41. The fourth-order valence-electron chi connectivity index (χ4n) is 3.52. The van der Waals surface area contributed by atoms with Gasteiger partial charge in [-0.25, -0.2) is 8.42 Å². The quantitative estimate of drug-likeness (QED) is 0.621. The molecule has 2 aliphatic heterocycles. The molecule has 0 aliphatic carbocycles. The van der Waals surface area contributed by atoms with Crippen LogP contribution in [0.25, 0.3) is 0 Å². The molecule has 3 aromatic rings. The Morgan fingerprint density at radius 2 is 1.83 bits per heavy atom. The summed E-state index contributed by atoms with van der Waals surface area (Å²) in [7, 11) is -4.11. The van der Waals surface area contributed by atoms with Gasteiger partial charge in [0, 0.05) is 12.2 Å². The van der Waals surface area contributed by atoms with Crippen LogP contribution in [0.1, 0.15) is 17.6 Å². The molecule has 0 fully saturated rings. The average molecular weight is 427 g/mol. The van der Waals surface area contributed by atoms with Crippen molar-refractivity contribution in [2.75, 3.05) is 23.8 Å². The van der Waals surface area contributed by atoms with Crippen LogP contribution in [0.5, 0.6) is 11.5 Å². The lowest BCUT2D eigenvalue weighted by atomic mass is 10.2. The molecule has 2 aromatic carbocycles. The maximum absolute atomic E-state index is 12.7. The van der Waals surface area contributed by atoms with Gasteiger partial charge in [-0.3, -0.25) is 4.79 Å². The summed E-state index contributed by atoms with van der Waals surface area (Å²) in [6.45, 7) is 0.539. The molecule has 0 N–H and O–H groups in total. The Morgan fingerprint density at radius 3 is 2.70 bits per heavy atom. The van der Waals surface area contributed by atoms with Gasteiger partial charge in [-0.2, -0.15) is 0 Å². The molecular formula is C20H17N3O6S. The highest BCUT2D eigenvalue weighted by Gasteiger charge is 2.34. The number of hydrogen-bond acceptors (Lipinski definition) is 8. The molecule has 154 valence electrons. The normalized spacial score (nSPS) is 17.6. The molecule has 1 unspecified atom stereocenters. The van der Waals surface area contributed by atoms with Crippen LogP contribution in [0.3, 0.4) is 0 Å². The molecule has 1 aromatic heterocycles. The lowest BCUT2D eigenvalue weighted by molar-refractivity contribution is -0.116. The summed E-state index contributed by atoms with van der Waals surface area (Å²) in [5.74, 6) is -0.238. The van der Waals surface area contributed by atoms with Crippen LogP contribution in [0.15, 0.2) is 58.2 Å². The zero-order chi connectivity index (χ0) is 20.7. The van der Waals surface area contributed by atoms with Crippen molar-refractivity contribution in [1.82, 2.24) is 10.2 Å². The number of fused-ring (bicyclic) bond motifs is 2. The van der Waals surface area contributed by atoms with Gasteiger partial charge in [-0.15, -0.1) is 5.10 Å². The van der Waals surface area contributed by atoms with Gasteiger partial charge in [-0.05, 0) is 30.2 Å². The number of ether oxygens (including phenoxy) is 2. The number of aromatic nitrogens is 2. The van der Waals surface area contributed by atoms with Gasteiger partial charge in [0.15, 0.2) is 11.5 Å². The number of anilines is 1. The number of carbonyl (C=O) groups excluding carboxylic acids is 1. The van der Waals surface area contributed by atoms with Gasteiger partial charge in [-0.1, -0.05) is 35.4 Å². The van der Waals surface area contributed by atoms with Crippen molar-refractivity contribution in [1.29, 1.82) is 0 Å². The summed E-state index contributed by atoms with van der Waals surface area (Å²) in [6, 6.07) is 14.5. The van der Waals surface area contributed by atoms with E-state index in [0.717, 1.165) is 11.3 Å². The summed E-state index contributed by atoms with van der Waals surface area (Å²) >= 11 is 0. The first-order valence-corrected chi connectivity index (χ1v) is 11.0. The molecule has 0 radical (unpaired) electrons. The zero-order valence-corrected chi connectivity index (χ0v) is 16.5. The Kier molecular flexibility index (Phi) is 4.43. The van der Waals surface area contributed by atoms with Crippen molar-refractivity contribution in [2.24, 2.45) is 0 Å². The van der Waals surface area contributed by atoms with Crippen LogP contribution < -0.4 is 14.4 Å².